The molecule has 0 radical (unpaired) electrons. The van der Waals surface area contributed by atoms with E-state index in [1.165, 1.54) is 0 Å². The second-order valence-electron chi connectivity index (χ2n) is 6.61. The smallest absolute Gasteiger partial charge is 0.410 e. The predicted octanol–water partition coefficient (Wildman–Crippen LogP) is 3.40. The molecule has 1 aliphatic heterocycles. The summed E-state index contributed by atoms with van der Waals surface area (Å²) in [6, 6.07) is 9.52. The summed E-state index contributed by atoms with van der Waals surface area (Å²) in [5, 5.41) is 0. The van der Waals surface area contributed by atoms with Gasteiger partial charge in [0.1, 0.15) is 12.4 Å². The third-order valence-electron chi connectivity index (χ3n) is 3.87. The van der Waals surface area contributed by atoms with Crippen LogP contribution in [0.3, 0.4) is 0 Å². The number of hydrogen-bond donors (Lipinski definition) is 0. The fourth-order valence-corrected chi connectivity index (χ4v) is 2.62. The number of carbonyl (C=O) groups is 2. The van der Waals surface area contributed by atoms with E-state index >= 15 is 0 Å². The van der Waals surface area contributed by atoms with E-state index in [1.54, 1.807) is 4.90 Å². The highest BCUT2D eigenvalue weighted by Gasteiger charge is 2.38. The van der Waals surface area contributed by atoms with E-state index < -0.39 is 0 Å². The molecule has 1 aromatic carbocycles. The first-order chi connectivity index (χ1) is 9.88. The van der Waals surface area contributed by atoms with Crippen LogP contribution in [0.4, 0.5) is 4.79 Å². The van der Waals surface area contributed by atoms with Crippen molar-refractivity contribution in [3.8, 4) is 0 Å². The van der Waals surface area contributed by atoms with Crippen LogP contribution in [-0.2, 0) is 16.1 Å². The lowest BCUT2D eigenvalue weighted by Gasteiger charge is -2.41. The Morgan fingerprint density at radius 1 is 1.29 bits per heavy atom. The number of hydrogen-bond acceptors (Lipinski definition) is 3. The van der Waals surface area contributed by atoms with Crippen LogP contribution < -0.4 is 0 Å². The molecule has 0 N–H and O–H groups in total. The van der Waals surface area contributed by atoms with E-state index in [4.69, 9.17) is 4.74 Å². The van der Waals surface area contributed by atoms with Crippen molar-refractivity contribution in [2.75, 3.05) is 6.54 Å². The fourth-order valence-electron chi connectivity index (χ4n) is 2.62. The Balaban J connectivity index is 2.01. The topological polar surface area (TPSA) is 46.6 Å². The van der Waals surface area contributed by atoms with E-state index in [9.17, 15) is 9.59 Å². The molecule has 0 bridgehead atoms. The van der Waals surface area contributed by atoms with Crippen LogP contribution in [0.15, 0.2) is 30.3 Å². The van der Waals surface area contributed by atoms with Crippen molar-refractivity contribution < 1.29 is 14.3 Å². The number of carbonyl (C=O) groups excluding carboxylic acids is 2. The molecule has 1 atom stereocenters. The maximum absolute atomic E-state index is 12.3. The molecule has 1 heterocycles. The molecule has 1 aromatic rings. The summed E-state index contributed by atoms with van der Waals surface area (Å²) in [4.78, 5) is 25.7. The van der Waals surface area contributed by atoms with Crippen LogP contribution in [0.25, 0.3) is 0 Å². The molecule has 4 heteroatoms. The first kappa shape index (κ1) is 15.5. The quantitative estimate of drug-likeness (QED) is 0.838. The van der Waals surface area contributed by atoms with Crippen molar-refractivity contribution in [1.29, 1.82) is 0 Å². The summed E-state index contributed by atoms with van der Waals surface area (Å²) in [5.41, 5.74) is 0.827. The Bertz CT molecular complexity index is 505. The van der Waals surface area contributed by atoms with Crippen LogP contribution in [0, 0.1) is 5.41 Å². The Labute approximate surface area is 126 Å². The Hall–Kier alpha value is -1.84. The largest absolute Gasteiger partial charge is 0.445 e. The lowest BCUT2D eigenvalue weighted by Crippen LogP contribution is -2.52. The van der Waals surface area contributed by atoms with Gasteiger partial charge in [-0.2, -0.15) is 0 Å². The lowest BCUT2D eigenvalue weighted by atomic mass is 9.80. The summed E-state index contributed by atoms with van der Waals surface area (Å²) >= 11 is 0. The van der Waals surface area contributed by atoms with E-state index in [1.807, 2.05) is 51.1 Å². The molecule has 1 amide bonds. The molecule has 0 aliphatic carbocycles. The van der Waals surface area contributed by atoms with E-state index in [2.05, 4.69) is 0 Å². The van der Waals surface area contributed by atoms with Gasteiger partial charge in [0, 0.05) is 25.4 Å². The van der Waals surface area contributed by atoms with Crippen LogP contribution in [0.2, 0.25) is 0 Å². The average Bonchev–Trinajstić information content (AvgIpc) is 2.45. The molecular formula is C17H23NO3. The minimum atomic E-state index is -0.328. The number of Topliss-reactive ketones (excluding diaryl/α,β-unsaturated/α-hetero) is 1. The molecule has 21 heavy (non-hydrogen) atoms. The van der Waals surface area contributed by atoms with Gasteiger partial charge in [0.2, 0.25) is 0 Å². The van der Waals surface area contributed by atoms with Crippen LogP contribution in [0.1, 0.15) is 39.2 Å². The summed E-state index contributed by atoms with van der Waals surface area (Å²) in [5.74, 6) is 0.224. The predicted molar refractivity (Wildman–Crippen MR) is 80.8 cm³/mol. The highest BCUT2D eigenvalue weighted by atomic mass is 16.6. The van der Waals surface area contributed by atoms with Gasteiger partial charge < -0.3 is 9.64 Å². The van der Waals surface area contributed by atoms with Gasteiger partial charge in [-0.15, -0.1) is 0 Å². The van der Waals surface area contributed by atoms with Gasteiger partial charge in [0.25, 0.3) is 0 Å². The normalized spacial score (nSPS) is 19.5. The number of likely N-dealkylation sites (tertiary alicyclic amines) is 1. The van der Waals surface area contributed by atoms with Crippen molar-refractivity contribution in [2.24, 2.45) is 5.41 Å². The standard InChI is InChI=1S/C17H23NO3/c1-17(2,3)15-11-14(19)9-10-18(15)16(20)21-12-13-7-5-4-6-8-13/h4-8,15H,9-12H2,1-3H3. The number of ketones is 1. The molecular weight excluding hydrogens is 266 g/mol. The lowest BCUT2D eigenvalue weighted by molar-refractivity contribution is -0.124. The summed E-state index contributed by atoms with van der Waals surface area (Å²) in [7, 11) is 0. The summed E-state index contributed by atoms with van der Waals surface area (Å²) in [6.07, 6.45) is 0.517. The third-order valence-corrected chi connectivity index (χ3v) is 3.87. The van der Waals surface area contributed by atoms with E-state index in [-0.39, 0.29) is 29.9 Å². The zero-order chi connectivity index (χ0) is 15.5. The van der Waals surface area contributed by atoms with E-state index in [0.717, 1.165) is 5.56 Å². The van der Waals surface area contributed by atoms with Crippen molar-refractivity contribution in [3.63, 3.8) is 0 Å². The van der Waals surface area contributed by atoms with Crippen LogP contribution in [0.5, 0.6) is 0 Å². The van der Waals surface area contributed by atoms with Gasteiger partial charge in [-0.05, 0) is 11.0 Å². The van der Waals surface area contributed by atoms with Gasteiger partial charge in [-0.25, -0.2) is 4.79 Å². The van der Waals surface area contributed by atoms with Crippen molar-refractivity contribution in [2.45, 2.75) is 46.3 Å². The molecule has 114 valence electrons. The van der Waals surface area contributed by atoms with Crippen molar-refractivity contribution in [3.05, 3.63) is 35.9 Å². The minimum Gasteiger partial charge on any atom is -0.445 e. The molecule has 1 fully saturated rings. The second-order valence-corrected chi connectivity index (χ2v) is 6.61. The van der Waals surface area contributed by atoms with E-state index in [0.29, 0.717) is 19.4 Å². The van der Waals surface area contributed by atoms with Crippen molar-refractivity contribution >= 4 is 11.9 Å². The zero-order valence-electron chi connectivity index (χ0n) is 13.0. The van der Waals surface area contributed by atoms with Gasteiger partial charge in [-0.1, -0.05) is 51.1 Å². The van der Waals surface area contributed by atoms with Crippen LogP contribution >= 0.6 is 0 Å². The molecule has 4 nitrogen and oxygen atoms in total. The molecule has 0 aromatic heterocycles. The number of nitrogens with zero attached hydrogens (tertiary/aromatic N) is 1. The number of benzene rings is 1. The molecule has 0 saturated carbocycles. The zero-order valence-corrected chi connectivity index (χ0v) is 13.0. The van der Waals surface area contributed by atoms with Crippen molar-refractivity contribution in [1.82, 2.24) is 4.90 Å². The fraction of sp³-hybridized carbons (Fsp3) is 0.529. The van der Waals surface area contributed by atoms with Crippen LogP contribution in [-0.4, -0.2) is 29.4 Å². The molecule has 1 unspecified atom stereocenters. The van der Waals surface area contributed by atoms with Gasteiger partial charge in [0.05, 0.1) is 0 Å². The monoisotopic (exact) mass is 289 g/mol. The third kappa shape index (κ3) is 4.06. The molecule has 2 rings (SSSR count). The summed E-state index contributed by atoms with van der Waals surface area (Å²) in [6.45, 7) is 6.87. The number of ether oxygens (including phenoxy) is 1. The Morgan fingerprint density at radius 3 is 2.57 bits per heavy atom. The molecule has 1 aliphatic rings. The maximum atomic E-state index is 12.3. The average molecular weight is 289 g/mol. The van der Waals surface area contributed by atoms with Gasteiger partial charge in [0.15, 0.2) is 0 Å². The Morgan fingerprint density at radius 2 is 1.95 bits per heavy atom. The second kappa shape index (κ2) is 6.29. The number of rotatable bonds is 2. The first-order valence-electron chi connectivity index (χ1n) is 7.37. The SMILES string of the molecule is CC(C)(C)C1CC(=O)CCN1C(=O)OCc1ccccc1. The summed E-state index contributed by atoms with van der Waals surface area (Å²) < 4.78 is 5.40. The maximum Gasteiger partial charge on any atom is 0.410 e. The van der Waals surface area contributed by atoms with Gasteiger partial charge >= 0.3 is 6.09 Å². The number of piperidine rings is 1. The van der Waals surface area contributed by atoms with Gasteiger partial charge in [-0.3, -0.25) is 4.79 Å². The minimum absolute atomic E-state index is 0.0953. The first-order valence-corrected chi connectivity index (χ1v) is 7.37. The molecule has 1 saturated heterocycles. The molecule has 0 spiro atoms. The number of amides is 1. The Kier molecular flexibility index (Phi) is 4.66. The highest BCUT2D eigenvalue weighted by molar-refractivity contribution is 5.82. The highest BCUT2D eigenvalue weighted by Crippen LogP contribution is 2.31.